The predicted octanol–water partition coefficient (Wildman–Crippen LogP) is 10.9. The Balaban J connectivity index is 1.36. The zero-order valence-corrected chi connectivity index (χ0v) is 22.1. The van der Waals surface area contributed by atoms with Gasteiger partial charge >= 0.3 is 0 Å². The number of fused-ring (bicyclic) bond motifs is 9. The summed E-state index contributed by atoms with van der Waals surface area (Å²) in [7, 11) is 0. The predicted molar refractivity (Wildman–Crippen MR) is 172 cm³/mol. The van der Waals surface area contributed by atoms with Crippen molar-refractivity contribution in [3.8, 4) is 22.3 Å². The van der Waals surface area contributed by atoms with Gasteiger partial charge in [0.25, 0.3) is 0 Å². The van der Waals surface area contributed by atoms with Crippen LogP contribution < -0.4 is 0 Å². The Morgan fingerprint density at radius 3 is 2.07 bits per heavy atom. The van der Waals surface area contributed by atoms with Crippen LogP contribution in [0.5, 0.6) is 0 Å². The summed E-state index contributed by atoms with van der Waals surface area (Å²) in [5, 5.41) is 10.8. The first kappa shape index (κ1) is 22.4. The van der Waals surface area contributed by atoms with Crippen LogP contribution in [-0.4, -0.2) is 4.98 Å². The molecular weight excluding hydrogens is 498 g/mol. The number of rotatable bonds is 2. The number of hydrogen-bond acceptors (Lipinski definition) is 2. The van der Waals surface area contributed by atoms with Gasteiger partial charge in [0.15, 0.2) is 0 Å². The third kappa shape index (κ3) is 3.28. The molecular formula is C39H23NO. The molecule has 0 spiro atoms. The van der Waals surface area contributed by atoms with E-state index in [0.717, 1.165) is 38.4 Å². The van der Waals surface area contributed by atoms with E-state index >= 15 is 0 Å². The fourth-order valence-corrected chi connectivity index (χ4v) is 6.65. The van der Waals surface area contributed by atoms with E-state index in [1.54, 1.807) is 0 Å². The van der Waals surface area contributed by atoms with E-state index in [4.69, 9.17) is 9.40 Å². The maximum absolute atomic E-state index is 6.45. The Morgan fingerprint density at radius 1 is 0.415 bits per heavy atom. The quantitative estimate of drug-likeness (QED) is 0.211. The van der Waals surface area contributed by atoms with Crippen molar-refractivity contribution in [3.63, 3.8) is 0 Å². The van der Waals surface area contributed by atoms with E-state index < -0.39 is 0 Å². The SMILES string of the molecule is c1ccc2c(c1)cc(-c1ccc3oc4cccc(-c5cccc6ccc7cccnc7c56)c4c3c1)c1ccccc12. The highest BCUT2D eigenvalue weighted by Crippen LogP contribution is 2.43. The molecule has 0 atom stereocenters. The van der Waals surface area contributed by atoms with Crippen LogP contribution in [-0.2, 0) is 0 Å². The Kier molecular flexibility index (Phi) is 4.64. The lowest BCUT2D eigenvalue weighted by molar-refractivity contribution is 0.669. The molecule has 0 amide bonds. The third-order valence-corrected chi connectivity index (χ3v) is 8.48. The Hall–Kier alpha value is -5.47. The summed E-state index contributed by atoms with van der Waals surface area (Å²) in [4.78, 5) is 4.81. The highest BCUT2D eigenvalue weighted by Gasteiger charge is 2.17. The topological polar surface area (TPSA) is 26.0 Å². The number of aromatic nitrogens is 1. The largest absolute Gasteiger partial charge is 0.456 e. The third-order valence-electron chi connectivity index (χ3n) is 8.48. The van der Waals surface area contributed by atoms with Crippen LogP contribution in [0.3, 0.4) is 0 Å². The van der Waals surface area contributed by atoms with Gasteiger partial charge in [-0.2, -0.15) is 0 Å². The van der Waals surface area contributed by atoms with Crippen molar-refractivity contribution in [1.29, 1.82) is 0 Å². The second kappa shape index (κ2) is 8.51. The van der Waals surface area contributed by atoms with Crippen molar-refractivity contribution in [2.24, 2.45) is 0 Å². The van der Waals surface area contributed by atoms with Crippen molar-refractivity contribution in [2.45, 2.75) is 0 Å². The van der Waals surface area contributed by atoms with Gasteiger partial charge in [-0.25, -0.2) is 0 Å². The molecule has 9 rings (SSSR count). The van der Waals surface area contributed by atoms with Crippen molar-refractivity contribution in [2.75, 3.05) is 0 Å². The molecule has 0 aliphatic heterocycles. The van der Waals surface area contributed by atoms with Crippen LogP contribution in [0.2, 0.25) is 0 Å². The van der Waals surface area contributed by atoms with E-state index in [9.17, 15) is 0 Å². The molecule has 0 aliphatic carbocycles. The van der Waals surface area contributed by atoms with Crippen LogP contribution in [0.4, 0.5) is 0 Å². The van der Waals surface area contributed by atoms with Crippen LogP contribution in [0.25, 0.3) is 87.4 Å². The molecule has 0 fully saturated rings. The minimum absolute atomic E-state index is 0.892. The standard InChI is InChI=1S/C39H23NO/c1-2-11-28-26(8-1)22-33(30-13-4-3-12-29(28)30)27-19-20-35-34(23-27)38-32(15-6-16-36(38)41-35)31-14-5-9-24-17-18-25-10-7-21-40-39(25)37(24)31/h1-23H. The van der Waals surface area contributed by atoms with Crippen molar-refractivity contribution in [1.82, 2.24) is 4.98 Å². The summed E-state index contributed by atoms with van der Waals surface area (Å²) >= 11 is 0. The van der Waals surface area contributed by atoms with Crippen molar-refractivity contribution >= 4 is 65.2 Å². The molecule has 2 heterocycles. The Labute approximate surface area is 236 Å². The first-order chi connectivity index (χ1) is 20.3. The first-order valence-electron chi connectivity index (χ1n) is 14.0. The minimum Gasteiger partial charge on any atom is -0.456 e. The maximum Gasteiger partial charge on any atom is 0.136 e. The zero-order chi connectivity index (χ0) is 26.9. The first-order valence-corrected chi connectivity index (χ1v) is 14.0. The lowest BCUT2D eigenvalue weighted by Gasteiger charge is -2.12. The molecule has 7 aromatic carbocycles. The number of nitrogens with zero attached hydrogens (tertiary/aromatic N) is 1. The molecule has 2 nitrogen and oxygen atoms in total. The number of furan rings is 1. The van der Waals surface area contributed by atoms with Gasteiger partial charge < -0.3 is 4.42 Å². The second-order valence-corrected chi connectivity index (χ2v) is 10.7. The molecule has 0 N–H and O–H groups in total. The molecule has 2 aromatic heterocycles. The summed E-state index contributed by atoms with van der Waals surface area (Å²) in [6, 6.07) is 47.7. The summed E-state index contributed by atoms with van der Waals surface area (Å²) < 4.78 is 6.45. The van der Waals surface area contributed by atoms with Crippen LogP contribution in [0, 0.1) is 0 Å². The molecule has 2 heteroatoms. The summed E-state index contributed by atoms with van der Waals surface area (Å²) in [6.07, 6.45) is 1.88. The summed E-state index contributed by atoms with van der Waals surface area (Å²) in [5.74, 6) is 0. The molecule has 0 radical (unpaired) electrons. The monoisotopic (exact) mass is 521 g/mol. The number of pyridine rings is 1. The van der Waals surface area contributed by atoms with Gasteiger partial charge in [0.05, 0.1) is 5.52 Å². The molecule has 0 saturated heterocycles. The van der Waals surface area contributed by atoms with Crippen LogP contribution in [0.15, 0.2) is 144 Å². The van der Waals surface area contributed by atoms with E-state index in [1.165, 1.54) is 49.0 Å². The van der Waals surface area contributed by atoms with E-state index in [0.29, 0.717) is 0 Å². The van der Waals surface area contributed by atoms with Gasteiger partial charge in [-0.05, 0) is 79.5 Å². The minimum atomic E-state index is 0.892. The maximum atomic E-state index is 6.45. The molecule has 0 bridgehead atoms. The Bertz CT molecular complexity index is 2480. The van der Waals surface area contributed by atoms with E-state index in [2.05, 4.69) is 127 Å². The average Bonchev–Trinajstić information content (AvgIpc) is 3.42. The molecule has 9 aromatic rings. The number of hydrogen-bond donors (Lipinski definition) is 0. The highest BCUT2D eigenvalue weighted by atomic mass is 16.3. The van der Waals surface area contributed by atoms with Gasteiger partial charge in [-0.3, -0.25) is 4.98 Å². The fraction of sp³-hybridized carbons (Fsp3) is 0. The van der Waals surface area contributed by atoms with E-state index in [1.807, 2.05) is 12.3 Å². The molecule has 41 heavy (non-hydrogen) atoms. The lowest BCUT2D eigenvalue weighted by Crippen LogP contribution is -1.87. The van der Waals surface area contributed by atoms with E-state index in [-0.39, 0.29) is 0 Å². The number of benzene rings is 7. The molecule has 0 unspecified atom stereocenters. The summed E-state index contributed by atoms with van der Waals surface area (Å²) in [6.45, 7) is 0. The molecule has 0 aliphatic rings. The normalized spacial score (nSPS) is 11.9. The van der Waals surface area contributed by atoms with Gasteiger partial charge in [-0.1, -0.05) is 103 Å². The van der Waals surface area contributed by atoms with Gasteiger partial charge in [0.2, 0.25) is 0 Å². The van der Waals surface area contributed by atoms with Crippen molar-refractivity contribution in [3.05, 3.63) is 140 Å². The van der Waals surface area contributed by atoms with Gasteiger partial charge in [0.1, 0.15) is 11.2 Å². The zero-order valence-electron chi connectivity index (χ0n) is 22.1. The summed E-state index contributed by atoms with van der Waals surface area (Å²) in [5.41, 5.74) is 7.55. The average molecular weight is 522 g/mol. The molecule has 0 saturated carbocycles. The highest BCUT2D eigenvalue weighted by molar-refractivity contribution is 6.20. The van der Waals surface area contributed by atoms with Gasteiger partial charge in [-0.15, -0.1) is 0 Å². The molecule has 190 valence electrons. The lowest BCUT2D eigenvalue weighted by atomic mass is 9.91. The fourth-order valence-electron chi connectivity index (χ4n) is 6.65. The van der Waals surface area contributed by atoms with Crippen LogP contribution in [0.1, 0.15) is 0 Å². The second-order valence-electron chi connectivity index (χ2n) is 10.7. The van der Waals surface area contributed by atoms with Gasteiger partial charge in [0, 0.05) is 27.7 Å². The smallest absolute Gasteiger partial charge is 0.136 e. The van der Waals surface area contributed by atoms with Crippen molar-refractivity contribution < 1.29 is 4.42 Å². The Morgan fingerprint density at radius 2 is 1.15 bits per heavy atom. The van der Waals surface area contributed by atoms with Crippen LogP contribution >= 0.6 is 0 Å².